The molecule has 4 rings (SSSR count). The van der Waals surface area contributed by atoms with E-state index in [9.17, 15) is 4.79 Å². The number of hydrogen-bond acceptors (Lipinski definition) is 2. The van der Waals surface area contributed by atoms with Crippen LogP contribution in [0.15, 0.2) is 17.1 Å². The molecule has 2 aromatic rings. The summed E-state index contributed by atoms with van der Waals surface area (Å²) in [4.78, 5) is 15.5. The molecule has 1 saturated carbocycles. The van der Waals surface area contributed by atoms with E-state index < -0.39 is 0 Å². The van der Waals surface area contributed by atoms with Crippen LogP contribution in [0.25, 0.3) is 11.3 Å². The molecule has 3 N–H and O–H groups in total. The Morgan fingerprint density at radius 1 is 1.10 bits per heavy atom. The second-order valence-corrected chi connectivity index (χ2v) is 6.26. The van der Waals surface area contributed by atoms with E-state index in [2.05, 4.69) is 26.1 Å². The van der Waals surface area contributed by atoms with Crippen LogP contribution in [0, 0.1) is 0 Å². The molecule has 1 fully saturated rings. The summed E-state index contributed by atoms with van der Waals surface area (Å²) in [6, 6.07) is 2.50. The predicted octanol–water partition coefficient (Wildman–Crippen LogP) is 3.38. The van der Waals surface area contributed by atoms with Crippen molar-refractivity contribution in [2.24, 2.45) is 0 Å². The lowest BCUT2D eigenvalue weighted by molar-refractivity contribution is 0.349. The molecule has 21 heavy (non-hydrogen) atoms. The van der Waals surface area contributed by atoms with Crippen LogP contribution in [-0.2, 0) is 6.54 Å². The van der Waals surface area contributed by atoms with Gasteiger partial charge >= 0.3 is 0 Å². The Hall–Kier alpha value is -1.91. The van der Waals surface area contributed by atoms with Crippen molar-refractivity contribution in [1.29, 1.82) is 0 Å². The molecule has 0 amide bonds. The van der Waals surface area contributed by atoms with Gasteiger partial charge in [0.25, 0.3) is 5.56 Å². The van der Waals surface area contributed by atoms with Crippen LogP contribution < -0.4 is 10.9 Å². The molecule has 0 unspecified atom stereocenters. The lowest BCUT2D eigenvalue weighted by Crippen LogP contribution is -2.16. The molecule has 112 valence electrons. The molecule has 0 atom stereocenters. The van der Waals surface area contributed by atoms with E-state index in [1.807, 2.05) is 6.20 Å². The van der Waals surface area contributed by atoms with Crippen LogP contribution in [-0.4, -0.2) is 14.8 Å². The highest BCUT2D eigenvalue weighted by Crippen LogP contribution is 2.37. The number of aromatic amines is 2. The van der Waals surface area contributed by atoms with Gasteiger partial charge in [-0.1, -0.05) is 32.1 Å². The number of nitrogens with one attached hydrogen (secondary N) is 3. The highest BCUT2D eigenvalue weighted by Gasteiger charge is 2.27. The Morgan fingerprint density at radius 2 is 1.86 bits per heavy atom. The second kappa shape index (κ2) is 5.13. The fourth-order valence-corrected chi connectivity index (χ4v) is 3.80. The van der Waals surface area contributed by atoms with Gasteiger partial charge in [-0.2, -0.15) is 0 Å². The monoisotopic (exact) mass is 286 g/mol. The van der Waals surface area contributed by atoms with Gasteiger partial charge in [0.2, 0.25) is 0 Å². The maximum atomic E-state index is 12.3. The predicted molar refractivity (Wildman–Crippen MR) is 83.5 cm³/mol. The summed E-state index contributed by atoms with van der Waals surface area (Å²) in [5.41, 5.74) is 3.16. The standard InChI is InChI=1S/C16H22N4O/c21-16-13-10-18-15-12(8-9-17-15)14(13)20(19-16)11-6-4-2-1-3-5-7-11/h8-9,11,17-18H,1-7,10H2,(H,19,21). The van der Waals surface area contributed by atoms with Crippen LogP contribution >= 0.6 is 0 Å². The highest BCUT2D eigenvalue weighted by molar-refractivity contribution is 5.78. The van der Waals surface area contributed by atoms with Gasteiger partial charge in [-0.3, -0.25) is 14.6 Å². The van der Waals surface area contributed by atoms with Crippen molar-refractivity contribution in [3.8, 4) is 11.3 Å². The molecule has 0 radical (unpaired) electrons. The van der Waals surface area contributed by atoms with E-state index >= 15 is 0 Å². The van der Waals surface area contributed by atoms with E-state index in [4.69, 9.17) is 0 Å². The number of H-pyrrole nitrogens is 2. The molecule has 0 spiro atoms. The molecule has 0 saturated heterocycles. The Morgan fingerprint density at radius 3 is 2.67 bits per heavy atom. The van der Waals surface area contributed by atoms with Crippen molar-refractivity contribution in [1.82, 2.24) is 14.8 Å². The van der Waals surface area contributed by atoms with Gasteiger partial charge in [0.15, 0.2) is 0 Å². The Kier molecular flexibility index (Phi) is 3.13. The normalized spacial score (nSPS) is 19.2. The van der Waals surface area contributed by atoms with E-state index in [0.717, 1.165) is 22.6 Å². The lowest BCUT2D eigenvalue weighted by Gasteiger charge is -2.25. The van der Waals surface area contributed by atoms with Crippen LogP contribution in [0.5, 0.6) is 0 Å². The zero-order valence-electron chi connectivity index (χ0n) is 12.2. The van der Waals surface area contributed by atoms with E-state index in [0.29, 0.717) is 12.6 Å². The third-order valence-corrected chi connectivity index (χ3v) is 4.91. The van der Waals surface area contributed by atoms with E-state index in [-0.39, 0.29) is 5.56 Å². The van der Waals surface area contributed by atoms with Crippen LogP contribution in [0.4, 0.5) is 5.82 Å². The van der Waals surface area contributed by atoms with Crippen molar-refractivity contribution in [3.05, 3.63) is 28.2 Å². The molecule has 5 heteroatoms. The fourth-order valence-electron chi connectivity index (χ4n) is 3.80. The first-order valence-electron chi connectivity index (χ1n) is 8.09. The summed E-state index contributed by atoms with van der Waals surface area (Å²) in [7, 11) is 0. The van der Waals surface area contributed by atoms with Crippen molar-refractivity contribution in [3.63, 3.8) is 0 Å². The first-order chi connectivity index (χ1) is 10.3. The lowest BCUT2D eigenvalue weighted by atomic mass is 9.96. The van der Waals surface area contributed by atoms with Crippen LogP contribution in [0.2, 0.25) is 0 Å². The maximum absolute atomic E-state index is 12.3. The van der Waals surface area contributed by atoms with Crippen molar-refractivity contribution < 1.29 is 0 Å². The number of hydrogen-bond donors (Lipinski definition) is 3. The first-order valence-corrected chi connectivity index (χ1v) is 8.09. The van der Waals surface area contributed by atoms with Crippen molar-refractivity contribution in [2.45, 2.75) is 57.5 Å². The molecule has 2 aliphatic rings. The summed E-state index contributed by atoms with van der Waals surface area (Å²) in [6.07, 6.45) is 10.8. The average molecular weight is 286 g/mol. The summed E-state index contributed by atoms with van der Waals surface area (Å²) >= 11 is 0. The number of rotatable bonds is 1. The number of anilines is 1. The van der Waals surface area contributed by atoms with Gasteiger partial charge in [0, 0.05) is 18.3 Å². The zero-order valence-corrected chi connectivity index (χ0v) is 12.2. The minimum atomic E-state index is 0.0615. The number of fused-ring (bicyclic) bond motifs is 3. The molecule has 0 bridgehead atoms. The maximum Gasteiger partial charge on any atom is 0.269 e. The van der Waals surface area contributed by atoms with E-state index in [1.165, 1.54) is 44.9 Å². The van der Waals surface area contributed by atoms with Crippen LogP contribution in [0.3, 0.4) is 0 Å². The Balaban J connectivity index is 1.78. The SMILES string of the molecule is O=c1[nH]n(C2CCCCCCC2)c2c1CNc1[nH]ccc1-2. The average Bonchev–Trinajstić information content (AvgIpc) is 3.03. The summed E-state index contributed by atoms with van der Waals surface area (Å²) < 4.78 is 2.16. The van der Waals surface area contributed by atoms with Gasteiger partial charge in [-0.05, 0) is 18.9 Å². The molecule has 0 aromatic carbocycles. The largest absolute Gasteiger partial charge is 0.367 e. The Labute approximate surface area is 123 Å². The number of aromatic nitrogens is 3. The number of nitrogens with zero attached hydrogens (tertiary/aromatic N) is 1. The fraction of sp³-hybridized carbons (Fsp3) is 0.562. The third kappa shape index (κ3) is 2.11. The minimum Gasteiger partial charge on any atom is -0.367 e. The van der Waals surface area contributed by atoms with Crippen LogP contribution in [0.1, 0.15) is 56.6 Å². The molecule has 3 heterocycles. The van der Waals surface area contributed by atoms with Crippen molar-refractivity contribution in [2.75, 3.05) is 5.32 Å². The quantitative estimate of drug-likeness (QED) is 0.752. The van der Waals surface area contributed by atoms with Gasteiger partial charge < -0.3 is 10.3 Å². The molecule has 5 nitrogen and oxygen atoms in total. The molecule has 1 aliphatic carbocycles. The Bertz CT molecular complexity index is 685. The van der Waals surface area contributed by atoms with Gasteiger partial charge in [0.1, 0.15) is 5.82 Å². The third-order valence-electron chi connectivity index (χ3n) is 4.91. The van der Waals surface area contributed by atoms with E-state index in [1.54, 1.807) is 0 Å². The summed E-state index contributed by atoms with van der Waals surface area (Å²) in [5.74, 6) is 1.03. The topological polar surface area (TPSA) is 65.6 Å². The molecule has 2 aromatic heterocycles. The second-order valence-electron chi connectivity index (χ2n) is 6.26. The van der Waals surface area contributed by atoms with Gasteiger partial charge in [-0.15, -0.1) is 0 Å². The highest BCUT2D eigenvalue weighted by atomic mass is 16.1. The van der Waals surface area contributed by atoms with Gasteiger partial charge in [-0.25, -0.2) is 0 Å². The molecular weight excluding hydrogens is 264 g/mol. The zero-order chi connectivity index (χ0) is 14.2. The molecular formula is C16H22N4O. The molecule has 1 aliphatic heterocycles. The summed E-state index contributed by atoms with van der Waals surface area (Å²) in [6.45, 7) is 0.609. The first kappa shape index (κ1) is 12.8. The minimum absolute atomic E-state index is 0.0615. The summed E-state index contributed by atoms with van der Waals surface area (Å²) in [5, 5.41) is 6.40. The van der Waals surface area contributed by atoms with Gasteiger partial charge in [0.05, 0.1) is 17.3 Å². The smallest absolute Gasteiger partial charge is 0.269 e. The van der Waals surface area contributed by atoms with Crippen molar-refractivity contribution >= 4 is 5.82 Å².